The van der Waals surface area contributed by atoms with Gasteiger partial charge in [-0.1, -0.05) is 27.7 Å². The third kappa shape index (κ3) is 5.63. The van der Waals surface area contributed by atoms with E-state index in [4.69, 9.17) is 4.74 Å². The highest BCUT2D eigenvalue weighted by Gasteiger charge is 2.26. The summed E-state index contributed by atoms with van der Waals surface area (Å²) in [6.45, 7) is 15.1. The van der Waals surface area contributed by atoms with Crippen molar-refractivity contribution in [1.82, 2.24) is 28.8 Å². The maximum atomic E-state index is 13.6. The van der Waals surface area contributed by atoms with Crippen molar-refractivity contribution in [3.05, 3.63) is 40.1 Å². The van der Waals surface area contributed by atoms with Crippen LogP contribution in [0, 0.1) is 6.92 Å². The highest BCUT2D eigenvalue weighted by atomic mass is 32.2. The third-order valence-electron chi connectivity index (χ3n) is 6.27. The first-order valence-corrected chi connectivity index (χ1v) is 14.1. The lowest BCUT2D eigenvalue weighted by Crippen LogP contribution is -2.38. The minimum absolute atomic E-state index is 0.126. The fourth-order valence-corrected chi connectivity index (χ4v) is 5.74. The Bertz CT molecular complexity index is 1340. The summed E-state index contributed by atoms with van der Waals surface area (Å²) in [6, 6.07) is 4.71. The van der Waals surface area contributed by atoms with Crippen LogP contribution in [-0.2, 0) is 16.4 Å². The molecule has 2 heterocycles. The Morgan fingerprint density at radius 1 is 1.06 bits per heavy atom. The number of ether oxygens (including phenoxy) is 1. The maximum absolute atomic E-state index is 13.6. The van der Waals surface area contributed by atoms with Crippen LogP contribution in [0.3, 0.4) is 0 Å². The average molecular weight is 519 g/mol. The quantitative estimate of drug-likeness (QED) is 0.370. The summed E-state index contributed by atoms with van der Waals surface area (Å²) in [7, 11) is -3.78. The highest BCUT2D eigenvalue weighted by molar-refractivity contribution is 7.89. The number of rotatable bonds is 13. The Morgan fingerprint density at radius 2 is 1.78 bits per heavy atom. The van der Waals surface area contributed by atoms with Crippen LogP contribution in [0.15, 0.2) is 27.9 Å². The molecule has 0 saturated heterocycles. The van der Waals surface area contributed by atoms with E-state index in [1.54, 1.807) is 23.6 Å². The number of imidazole rings is 1. The molecule has 0 aliphatic carbocycles. The van der Waals surface area contributed by atoms with E-state index in [0.717, 1.165) is 19.5 Å². The van der Waals surface area contributed by atoms with Crippen molar-refractivity contribution in [3.63, 3.8) is 0 Å². The molecule has 198 valence electrons. The van der Waals surface area contributed by atoms with Crippen molar-refractivity contribution in [2.45, 2.75) is 59.3 Å². The molecule has 1 aromatic carbocycles. The number of nitrogens with zero attached hydrogens (tertiary/aromatic N) is 5. The Morgan fingerprint density at radius 3 is 2.39 bits per heavy atom. The number of H-pyrrole nitrogens is 1. The van der Waals surface area contributed by atoms with Crippen LogP contribution in [0.1, 0.15) is 52.6 Å². The first-order valence-electron chi connectivity index (χ1n) is 12.7. The van der Waals surface area contributed by atoms with Gasteiger partial charge in [-0.25, -0.2) is 17.9 Å². The van der Waals surface area contributed by atoms with Crippen molar-refractivity contribution in [2.24, 2.45) is 0 Å². The fraction of sp³-hybridized carbons (Fsp3) is 0.560. The Hall–Kier alpha value is -2.76. The Labute approximate surface area is 213 Å². The highest BCUT2D eigenvalue weighted by Crippen LogP contribution is 2.31. The van der Waals surface area contributed by atoms with Crippen LogP contribution in [0.25, 0.3) is 16.9 Å². The molecule has 0 amide bonds. The third-order valence-corrected chi connectivity index (χ3v) is 8.24. The number of hydrogen-bond acceptors (Lipinski definition) is 7. The number of aromatic nitrogens is 4. The predicted molar refractivity (Wildman–Crippen MR) is 141 cm³/mol. The number of hydrogen-bond donors (Lipinski definition) is 1. The van der Waals surface area contributed by atoms with E-state index < -0.39 is 10.0 Å². The summed E-state index contributed by atoms with van der Waals surface area (Å²) >= 11 is 0. The Kier molecular flexibility index (Phi) is 9.26. The van der Waals surface area contributed by atoms with Crippen LogP contribution < -0.4 is 10.3 Å². The summed E-state index contributed by atoms with van der Waals surface area (Å²) in [5, 5.41) is 4.66. The van der Waals surface area contributed by atoms with Gasteiger partial charge >= 0.3 is 0 Å². The lowest BCUT2D eigenvalue weighted by Gasteiger charge is -2.25. The topological polar surface area (TPSA) is 113 Å². The van der Waals surface area contributed by atoms with E-state index >= 15 is 0 Å². The van der Waals surface area contributed by atoms with Gasteiger partial charge in [0.05, 0.1) is 22.8 Å². The second-order valence-electron chi connectivity index (χ2n) is 8.54. The molecule has 0 aliphatic heterocycles. The van der Waals surface area contributed by atoms with Gasteiger partial charge in [0.1, 0.15) is 11.6 Å². The summed E-state index contributed by atoms with van der Waals surface area (Å²) in [6.07, 6.45) is 1.51. The monoisotopic (exact) mass is 518 g/mol. The van der Waals surface area contributed by atoms with Gasteiger partial charge in [0.15, 0.2) is 11.3 Å². The number of fused-ring (bicyclic) bond motifs is 1. The van der Waals surface area contributed by atoms with Gasteiger partial charge in [-0.15, -0.1) is 5.10 Å². The second kappa shape index (κ2) is 12.0. The van der Waals surface area contributed by atoms with E-state index in [0.29, 0.717) is 61.0 Å². The lowest BCUT2D eigenvalue weighted by atomic mass is 10.2. The van der Waals surface area contributed by atoms with Crippen molar-refractivity contribution < 1.29 is 13.2 Å². The number of aromatic amines is 1. The number of sulfonamides is 1. The smallest absolute Gasteiger partial charge is 0.277 e. The minimum atomic E-state index is -3.78. The van der Waals surface area contributed by atoms with Gasteiger partial charge in [-0.2, -0.15) is 4.31 Å². The molecule has 0 fully saturated rings. The van der Waals surface area contributed by atoms with E-state index in [1.807, 2.05) is 20.8 Å². The lowest BCUT2D eigenvalue weighted by molar-refractivity contribution is 0.274. The summed E-state index contributed by atoms with van der Waals surface area (Å²) in [5.41, 5.74) is 1.06. The van der Waals surface area contributed by atoms with Crippen LogP contribution in [0.5, 0.6) is 5.75 Å². The van der Waals surface area contributed by atoms with E-state index in [2.05, 4.69) is 33.8 Å². The molecular formula is C25H38N6O4S. The van der Waals surface area contributed by atoms with Crippen LogP contribution in [-0.4, -0.2) is 76.5 Å². The summed E-state index contributed by atoms with van der Waals surface area (Å²) in [5.74, 6) is 1.36. The molecule has 10 nitrogen and oxygen atoms in total. The van der Waals surface area contributed by atoms with Crippen LogP contribution in [0.4, 0.5) is 0 Å². The van der Waals surface area contributed by atoms with Crippen LogP contribution in [0.2, 0.25) is 0 Å². The first-order chi connectivity index (χ1) is 17.2. The van der Waals surface area contributed by atoms with Gasteiger partial charge < -0.3 is 14.6 Å². The molecule has 2 aromatic heterocycles. The molecule has 0 bridgehead atoms. The molecule has 36 heavy (non-hydrogen) atoms. The van der Waals surface area contributed by atoms with Gasteiger partial charge in [0.25, 0.3) is 5.56 Å². The largest absolute Gasteiger partial charge is 0.493 e. The van der Waals surface area contributed by atoms with E-state index in [9.17, 15) is 13.2 Å². The van der Waals surface area contributed by atoms with Gasteiger partial charge in [-0.05, 0) is 51.6 Å². The summed E-state index contributed by atoms with van der Waals surface area (Å²) in [4.78, 5) is 22.6. The number of aryl methyl sites for hydroxylation is 2. The number of benzene rings is 1. The van der Waals surface area contributed by atoms with E-state index in [1.165, 1.54) is 10.4 Å². The van der Waals surface area contributed by atoms with Crippen molar-refractivity contribution in [1.29, 1.82) is 0 Å². The number of likely N-dealkylation sites (N-methyl/N-ethyl adjacent to an activating group) is 2. The minimum Gasteiger partial charge on any atom is -0.493 e. The summed E-state index contributed by atoms with van der Waals surface area (Å²) < 4.78 is 36.0. The maximum Gasteiger partial charge on any atom is 0.277 e. The Balaban J connectivity index is 2.12. The predicted octanol–water partition coefficient (Wildman–Crippen LogP) is 3.10. The molecular weight excluding hydrogens is 480 g/mol. The zero-order valence-corrected chi connectivity index (χ0v) is 23.0. The zero-order chi connectivity index (χ0) is 26.5. The average Bonchev–Trinajstić information content (AvgIpc) is 3.17. The van der Waals surface area contributed by atoms with Crippen LogP contribution >= 0.6 is 0 Å². The van der Waals surface area contributed by atoms with Crippen molar-refractivity contribution >= 4 is 15.5 Å². The normalized spacial score (nSPS) is 12.2. The molecule has 1 N–H and O–H groups in total. The molecule has 11 heteroatoms. The molecule has 3 aromatic rings. The molecule has 3 rings (SSSR count). The molecule has 0 saturated carbocycles. The van der Waals surface area contributed by atoms with Gasteiger partial charge in [0.2, 0.25) is 10.0 Å². The SMILES string of the molecule is CCCc1nc(C)c2c(=O)[nH]c(-c3cc(S(=O)(=O)N(CC)CCN(CC)CC)ccc3OCC)nn12. The molecule has 0 unspecified atom stereocenters. The molecule has 0 spiro atoms. The van der Waals surface area contributed by atoms with Gasteiger partial charge in [-0.3, -0.25) is 4.79 Å². The number of nitrogens with one attached hydrogen (secondary N) is 1. The standard InChI is InChI=1S/C25H38N6O4S/c1-7-12-22-26-18(6)23-25(32)27-24(28-31(22)23)20-17-19(13-14-21(20)35-11-5)36(33,34)30(10-4)16-15-29(8-2)9-3/h13-14,17H,7-12,15-16H2,1-6H3,(H,27,28,32). The van der Waals surface area contributed by atoms with Gasteiger partial charge in [0, 0.05) is 26.1 Å². The molecule has 0 aliphatic rings. The van der Waals surface area contributed by atoms with Crippen molar-refractivity contribution in [2.75, 3.05) is 39.3 Å². The second-order valence-corrected chi connectivity index (χ2v) is 10.5. The van der Waals surface area contributed by atoms with Crippen molar-refractivity contribution in [3.8, 4) is 17.1 Å². The first kappa shape index (κ1) is 27.8. The molecule has 0 radical (unpaired) electrons. The van der Waals surface area contributed by atoms with E-state index in [-0.39, 0.29) is 16.3 Å². The fourth-order valence-electron chi connectivity index (χ4n) is 4.27. The molecule has 0 atom stereocenters. The zero-order valence-electron chi connectivity index (χ0n) is 22.2.